The Morgan fingerprint density at radius 3 is 2.34 bits per heavy atom. The molecule has 1 fully saturated rings. The first-order valence-corrected chi connectivity index (χ1v) is 12.6. The van der Waals surface area contributed by atoms with Crippen LogP contribution in [0.3, 0.4) is 0 Å². The summed E-state index contributed by atoms with van der Waals surface area (Å²) in [4.78, 5) is 31.7. The van der Waals surface area contributed by atoms with Gasteiger partial charge in [0.15, 0.2) is 5.82 Å². The Kier molecular flexibility index (Phi) is 9.46. The number of aromatic nitrogens is 2. The van der Waals surface area contributed by atoms with Gasteiger partial charge in [-0.1, -0.05) is 20.8 Å². The van der Waals surface area contributed by atoms with Crippen molar-refractivity contribution in [1.82, 2.24) is 20.0 Å². The minimum atomic E-state index is 0.0187. The summed E-state index contributed by atoms with van der Waals surface area (Å²) in [5.41, 5.74) is 1.79. The predicted molar refractivity (Wildman–Crippen MR) is 138 cm³/mol. The molecule has 0 bridgehead atoms. The number of methoxy groups -OCH3 is 1. The third-order valence-corrected chi connectivity index (χ3v) is 6.54. The van der Waals surface area contributed by atoms with Crippen LogP contribution in [0.2, 0.25) is 0 Å². The first kappa shape index (κ1) is 26.4. The molecule has 35 heavy (non-hydrogen) atoms. The molecule has 2 heterocycles. The second-order valence-corrected chi connectivity index (χ2v) is 9.60. The maximum absolute atomic E-state index is 13.1. The van der Waals surface area contributed by atoms with Crippen molar-refractivity contribution in [2.24, 2.45) is 5.92 Å². The van der Waals surface area contributed by atoms with Crippen LogP contribution in [0.1, 0.15) is 47.0 Å². The van der Waals surface area contributed by atoms with Gasteiger partial charge in [-0.2, -0.15) is 0 Å². The molecule has 1 saturated heterocycles. The summed E-state index contributed by atoms with van der Waals surface area (Å²) in [6, 6.07) is 11.8. The van der Waals surface area contributed by atoms with Gasteiger partial charge in [-0.25, -0.2) is 0 Å². The molecule has 8 nitrogen and oxygen atoms in total. The van der Waals surface area contributed by atoms with Crippen molar-refractivity contribution in [3.05, 3.63) is 36.4 Å². The molecule has 0 spiro atoms. The van der Waals surface area contributed by atoms with Crippen molar-refractivity contribution in [2.45, 2.75) is 53.0 Å². The van der Waals surface area contributed by atoms with E-state index in [4.69, 9.17) is 4.74 Å². The fourth-order valence-corrected chi connectivity index (χ4v) is 4.23. The number of amides is 2. The summed E-state index contributed by atoms with van der Waals surface area (Å²) in [5, 5.41) is 8.87. The van der Waals surface area contributed by atoms with E-state index in [-0.39, 0.29) is 30.3 Å². The highest BCUT2D eigenvalue weighted by molar-refractivity contribution is 5.85. The van der Waals surface area contributed by atoms with Gasteiger partial charge < -0.3 is 19.4 Å². The Labute approximate surface area is 209 Å². The summed E-state index contributed by atoms with van der Waals surface area (Å²) < 4.78 is 5.22. The van der Waals surface area contributed by atoms with Crippen molar-refractivity contribution in [3.63, 3.8) is 0 Å². The Bertz CT molecular complexity index is 962. The van der Waals surface area contributed by atoms with Crippen LogP contribution in [0.5, 0.6) is 5.75 Å². The second kappa shape index (κ2) is 12.5. The summed E-state index contributed by atoms with van der Waals surface area (Å²) in [7, 11) is 1.65. The lowest BCUT2D eigenvalue weighted by molar-refractivity contribution is -0.142. The topological polar surface area (TPSA) is 78.9 Å². The lowest BCUT2D eigenvalue weighted by Gasteiger charge is -2.31. The SMILES string of the molecule is CC[C@H](C)N(CC(=O)N1CCCN(c2ccc(-c3ccc(OC)cc3)nn2)CC1)C(=O)CC(C)C. The maximum atomic E-state index is 13.1. The smallest absolute Gasteiger partial charge is 0.242 e. The molecule has 3 rings (SSSR count). The lowest BCUT2D eigenvalue weighted by Crippen LogP contribution is -2.47. The van der Waals surface area contributed by atoms with Crippen LogP contribution in [-0.2, 0) is 9.59 Å². The lowest BCUT2D eigenvalue weighted by atomic mass is 10.1. The number of hydrogen-bond donors (Lipinski definition) is 0. The molecule has 1 aliphatic heterocycles. The maximum Gasteiger partial charge on any atom is 0.242 e. The molecule has 2 amide bonds. The highest BCUT2D eigenvalue weighted by atomic mass is 16.5. The van der Waals surface area contributed by atoms with Gasteiger partial charge in [-0.15, -0.1) is 10.2 Å². The highest BCUT2D eigenvalue weighted by Gasteiger charge is 2.26. The average Bonchev–Trinajstić information content (AvgIpc) is 3.13. The molecule has 0 aliphatic carbocycles. The van der Waals surface area contributed by atoms with Crippen LogP contribution in [0.15, 0.2) is 36.4 Å². The molecule has 1 aromatic carbocycles. The van der Waals surface area contributed by atoms with Crippen LogP contribution in [0.4, 0.5) is 5.82 Å². The number of benzene rings is 1. The van der Waals surface area contributed by atoms with Gasteiger partial charge in [-0.05, 0) is 62.1 Å². The van der Waals surface area contributed by atoms with Gasteiger partial charge >= 0.3 is 0 Å². The van der Waals surface area contributed by atoms with Crippen molar-refractivity contribution < 1.29 is 14.3 Å². The minimum absolute atomic E-state index is 0.0187. The van der Waals surface area contributed by atoms with Crippen molar-refractivity contribution >= 4 is 17.6 Å². The van der Waals surface area contributed by atoms with Gasteiger partial charge in [0.25, 0.3) is 0 Å². The predicted octanol–water partition coefficient (Wildman–Crippen LogP) is 3.86. The summed E-state index contributed by atoms with van der Waals surface area (Å²) >= 11 is 0. The number of carbonyl (C=O) groups is 2. The number of rotatable bonds is 9. The third-order valence-electron chi connectivity index (χ3n) is 6.54. The Hall–Kier alpha value is -3.16. The standard InChI is InChI=1S/C27H39N5O3/c1-6-21(4)32(26(33)18-20(2)3)19-27(34)31-15-7-14-30(16-17-31)25-13-12-24(28-29-25)22-8-10-23(35-5)11-9-22/h8-13,20-21H,6-7,14-19H2,1-5H3/t21-/m0/s1. The fraction of sp³-hybridized carbons (Fsp3) is 0.556. The molecule has 2 aromatic rings. The van der Waals surface area contributed by atoms with Gasteiger partial charge in [-0.3, -0.25) is 9.59 Å². The van der Waals surface area contributed by atoms with Crippen LogP contribution in [-0.4, -0.2) is 77.7 Å². The number of ether oxygens (including phenoxy) is 1. The van der Waals surface area contributed by atoms with E-state index in [1.807, 2.05) is 62.1 Å². The van der Waals surface area contributed by atoms with Gasteiger partial charge in [0.1, 0.15) is 5.75 Å². The Balaban J connectivity index is 1.60. The van der Waals surface area contributed by atoms with E-state index in [1.165, 1.54) is 0 Å². The van der Waals surface area contributed by atoms with E-state index in [1.54, 1.807) is 12.0 Å². The molecule has 0 N–H and O–H groups in total. The van der Waals surface area contributed by atoms with Crippen LogP contribution < -0.4 is 9.64 Å². The number of anilines is 1. The second-order valence-electron chi connectivity index (χ2n) is 9.60. The van der Waals surface area contributed by atoms with E-state index < -0.39 is 0 Å². The Morgan fingerprint density at radius 2 is 1.74 bits per heavy atom. The van der Waals surface area contributed by atoms with E-state index in [0.29, 0.717) is 26.1 Å². The summed E-state index contributed by atoms with van der Waals surface area (Å²) in [6.45, 7) is 11.1. The van der Waals surface area contributed by atoms with E-state index in [9.17, 15) is 9.59 Å². The van der Waals surface area contributed by atoms with Gasteiger partial charge in [0.2, 0.25) is 11.8 Å². The molecule has 1 aliphatic rings. The van der Waals surface area contributed by atoms with E-state index in [0.717, 1.165) is 42.2 Å². The molecule has 0 radical (unpaired) electrons. The van der Waals surface area contributed by atoms with Crippen LogP contribution in [0, 0.1) is 5.92 Å². The zero-order chi connectivity index (χ0) is 25.4. The molecule has 1 aromatic heterocycles. The Morgan fingerprint density at radius 1 is 1.00 bits per heavy atom. The number of hydrogen-bond acceptors (Lipinski definition) is 6. The molecular formula is C27H39N5O3. The van der Waals surface area contributed by atoms with Gasteiger partial charge in [0, 0.05) is 44.2 Å². The molecule has 1 atom stereocenters. The molecule has 0 unspecified atom stereocenters. The highest BCUT2D eigenvalue weighted by Crippen LogP contribution is 2.22. The third kappa shape index (κ3) is 7.16. The van der Waals surface area contributed by atoms with Crippen molar-refractivity contribution in [1.29, 1.82) is 0 Å². The first-order chi connectivity index (χ1) is 16.8. The normalized spacial score (nSPS) is 15.0. The molecular weight excluding hydrogens is 442 g/mol. The van der Waals surface area contributed by atoms with Gasteiger partial charge in [0.05, 0.1) is 19.3 Å². The van der Waals surface area contributed by atoms with E-state index in [2.05, 4.69) is 22.0 Å². The molecule has 0 saturated carbocycles. The minimum Gasteiger partial charge on any atom is -0.497 e. The number of nitrogens with zero attached hydrogens (tertiary/aromatic N) is 5. The number of carbonyl (C=O) groups excluding carboxylic acids is 2. The zero-order valence-corrected chi connectivity index (χ0v) is 21.7. The summed E-state index contributed by atoms with van der Waals surface area (Å²) in [6.07, 6.45) is 2.14. The van der Waals surface area contributed by atoms with Crippen molar-refractivity contribution in [2.75, 3.05) is 44.7 Å². The largest absolute Gasteiger partial charge is 0.497 e. The molecule has 8 heteroatoms. The monoisotopic (exact) mass is 481 g/mol. The average molecular weight is 482 g/mol. The van der Waals surface area contributed by atoms with E-state index >= 15 is 0 Å². The van der Waals surface area contributed by atoms with Crippen LogP contribution >= 0.6 is 0 Å². The molecule has 190 valence electrons. The van der Waals surface area contributed by atoms with Crippen molar-refractivity contribution in [3.8, 4) is 17.0 Å². The van der Waals surface area contributed by atoms with Crippen LogP contribution in [0.25, 0.3) is 11.3 Å². The fourth-order valence-electron chi connectivity index (χ4n) is 4.23. The quantitative estimate of drug-likeness (QED) is 0.541. The summed E-state index contributed by atoms with van der Waals surface area (Å²) in [5.74, 6) is 1.97. The first-order valence-electron chi connectivity index (χ1n) is 12.6. The zero-order valence-electron chi connectivity index (χ0n) is 21.7.